The van der Waals surface area contributed by atoms with E-state index in [2.05, 4.69) is 125 Å². The smallest absolute Gasteiger partial charge is 0.0542 e. The molecule has 0 unspecified atom stereocenters. The maximum Gasteiger partial charge on any atom is 0.0542 e. The fourth-order valence-electron chi connectivity index (χ4n) is 4.83. The first-order valence-electron chi connectivity index (χ1n) is 12.3. The molecule has 176 valence electrons. The largest absolute Gasteiger partial charge is 0.134 e. The van der Waals surface area contributed by atoms with E-state index in [0.717, 1.165) is 0 Å². The molecule has 2 heteroatoms. The van der Waals surface area contributed by atoms with Crippen molar-refractivity contribution in [2.75, 3.05) is 0 Å². The van der Waals surface area contributed by atoms with E-state index in [-0.39, 0.29) is 0 Å². The lowest BCUT2D eigenvalue weighted by molar-refractivity contribution is 1.42. The summed E-state index contributed by atoms with van der Waals surface area (Å²) in [4.78, 5) is 0. The monoisotopic (exact) mass is 500 g/mol. The number of hydrogen-bond donors (Lipinski definition) is 0. The van der Waals surface area contributed by atoms with E-state index in [1.54, 1.807) is 0 Å². The van der Waals surface area contributed by atoms with Gasteiger partial charge in [-0.15, -0.1) is 22.7 Å². The van der Waals surface area contributed by atoms with Crippen molar-refractivity contribution in [2.45, 2.75) is 27.7 Å². The highest BCUT2D eigenvalue weighted by atomic mass is 32.1. The van der Waals surface area contributed by atoms with Crippen LogP contribution in [0.5, 0.6) is 0 Å². The van der Waals surface area contributed by atoms with Crippen LogP contribution in [-0.2, 0) is 0 Å². The van der Waals surface area contributed by atoms with Crippen LogP contribution in [0.25, 0.3) is 64.0 Å². The molecular formula is C34H28S2. The molecule has 2 aromatic heterocycles. The zero-order chi connectivity index (χ0) is 24.8. The van der Waals surface area contributed by atoms with E-state index in [4.69, 9.17) is 0 Å². The van der Waals surface area contributed by atoms with Gasteiger partial charge in [0.2, 0.25) is 0 Å². The third-order valence-corrected chi connectivity index (χ3v) is 8.98. The Kier molecular flexibility index (Phi) is 5.87. The summed E-state index contributed by atoms with van der Waals surface area (Å²) in [5, 5.41) is 2.74. The highest BCUT2D eigenvalue weighted by molar-refractivity contribution is 7.36. The molecule has 0 amide bonds. The van der Waals surface area contributed by atoms with Gasteiger partial charge in [0.1, 0.15) is 0 Å². The zero-order valence-corrected chi connectivity index (χ0v) is 22.7. The number of allylic oxidation sites excluding steroid dienone is 2. The van der Waals surface area contributed by atoms with Gasteiger partial charge in [-0.1, -0.05) is 96.1 Å². The summed E-state index contributed by atoms with van der Waals surface area (Å²) in [6, 6.07) is 31.6. The molecule has 0 spiro atoms. The molecule has 0 fully saturated rings. The predicted molar refractivity (Wildman–Crippen MR) is 164 cm³/mol. The third kappa shape index (κ3) is 4.32. The second-order valence-electron chi connectivity index (χ2n) is 9.97. The van der Waals surface area contributed by atoms with Gasteiger partial charge in [-0.25, -0.2) is 0 Å². The third-order valence-electron chi connectivity index (χ3n) is 6.48. The van der Waals surface area contributed by atoms with Crippen LogP contribution in [0.4, 0.5) is 0 Å². The average molecular weight is 501 g/mol. The van der Waals surface area contributed by atoms with Gasteiger partial charge in [0.25, 0.3) is 0 Å². The minimum Gasteiger partial charge on any atom is -0.134 e. The van der Waals surface area contributed by atoms with Gasteiger partial charge in [0.05, 0.1) is 9.40 Å². The lowest BCUT2D eigenvalue weighted by atomic mass is 10.0. The molecule has 0 aliphatic carbocycles. The molecule has 0 nitrogen and oxygen atoms in total. The van der Waals surface area contributed by atoms with Crippen LogP contribution in [0.15, 0.2) is 96.1 Å². The predicted octanol–water partition coefficient (Wildman–Crippen LogP) is 11.4. The minimum absolute atomic E-state index is 1.26. The van der Waals surface area contributed by atoms with Gasteiger partial charge >= 0.3 is 0 Å². The Morgan fingerprint density at radius 1 is 0.472 bits per heavy atom. The molecule has 0 N–H and O–H groups in total. The molecule has 0 atom stereocenters. The van der Waals surface area contributed by atoms with Crippen LogP contribution in [-0.4, -0.2) is 0 Å². The fraction of sp³-hybridized carbons (Fsp3) is 0.118. The first kappa shape index (κ1) is 23.0. The van der Waals surface area contributed by atoms with Crippen LogP contribution >= 0.6 is 22.7 Å². The molecule has 4 aromatic carbocycles. The summed E-state index contributed by atoms with van der Waals surface area (Å²) in [6.07, 6.45) is 4.44. The minimum atomic E-state index is 1.26. The Balaban J connectivity index is 1.36. The van der Waals surface area contributed by atoms with Crippen molar-refractivity contribution in [3.05, 3.63) is 107 Å². The summed E-state index contributed by atoms with van der Waals surface area (Å²) in [5.74, 6) is 0. The van der Waals surface area contributed by atoms with Crippen molar-refractivity contribution in [1.29, 1.82) is 0 Å². The molecule has 0 saturated heterocycles. The number of benzene rings is 4. The van der Waals surface area contributed by atoms with E-state index >= 15 is 0 Å². The van der Waals surface area contributed by atoms with Crippen molar-refractivity contribution >= 4 is 64.4 Å². The van der Waals surface area contributed by atoms with E-state index in [1.165, 1.54) is 74.1 Å². The quantitative estimate of drug-likeness (QED) is 0.226. The highest BCUT2D eigenvalue weighted by Crippen LogP contribution is 2.45. The number of hydrogen-bond acceptors (Lipinski definition) is 2. The lowest BCUT2D eigenvalue weighted by Crippen LogP contribution is -1.79. The van der Waals surface area contributed by atoms with E-state index in [0.29, 0.717) is 0 Å². The summed E-state index contributed by atoms with van der Waals surface area (Å²) < 4.78 is 5.55. The van der Waals surface area contributed by atoms with Crippen LogP contribution in [0.1, 0.15) is 38.8 Å². The van der Waals surface area contributed by atoms with Crippen LogP contribution in [0.2, 0.25) is 0 Å². The Morgan fingerprint density at radius 3 is 1.19 bits per heavy atom. The summed E-state index contributed by atoms with van der Waals surface area (Å²) >= 11 is 3.84. The maximum atomic E-state index is 2.36. The van der Waals surface area contributed by atoms with E-state index in [1.807, 2.05) is 22.7 Å². The van der Waals surface area contributed by atoms with Crippen molar-refractivity contribution in [3.63, 3.8) is 0 Å². The van der Waals surface area contributed by atoms with Gasteiger partial charge in [0.15, 0.2) is 0 Å². The van der Waals surface area contributed by atoms with Gasteiger partial charge in [0, 0.05) is 20.2 Å². The van der Waals surface area contributed by atoms with Crippen LogP contribution < -0.4 is 0 Å². The summed E-state index contributed by atoms with van der Waals surface area (Å²) in [7, 11) is 0. The van der Waals surface area contributed by atoms with Gasteiger partial charge in [-0.3, -0.25) is 0 Å². The number of thiophene rings is 2. The summed E-state index contributed by atoms with van der Waals surface area (Å²) in [6.45, 7) is 8.55. The molecule has 0 radical (unpaired) electrons. The van der Waals surface area contributed by atoms with Crippen molar-refractivity contribution in [1.82, 2.24) is 0 Å². The first-order valence-corrected chi connectivity index (χ1v) is 14.0. The van der Waals surface area contributed by atoms with Gasteiger partial charge < -0.3 is 0 Å². The highest BCUT2D eigenvalue weighted by Gasteiger charge is 2.14. The van der Waals surface area contributed by atoms with Crippen molar-refractivity contribution in [2.24, 2.45) is 0 Å². The normalized spacial score (nSPS) is 11.3. The van der Waals surface area contributed by atoms with Crippen LogP contribution in [0, 0.1) is 0 Å². The van der Waals surface area contributed by atoms with Crippen molar-refractivity contribution < 1.29 is 0 Å². The van der Waals surface area contributed by atoms with Gasteiger partial charge in [-0.05, 0) is 73.2 Å². The molecule has 6 aromatic rings. The van der Waals surface area contributed by atoms with Gasteiger partial charge in [-0.2, -0.15) is 0 Å². The lowest BCUT2D eigenvalue weighted by Gasteiger charge is -2.04. The Hall–Kier alpha value is -3.46. The SMILES string of the molecule is CC(C)=Cc1ccc(-c2ccc3c(c2)sc2c4ccc(-c5ccc(C=C(C)C)cc5)cc4sc32)cc1. The topological polar surface area (TPSA) is 0 Å². The first-order chi connectivity index (χ1) is 17.4. The molecule has 0 bridgehead atoms. The number of rotatable bonds is 4. The second-order valence-corrected chi connectivity index (χ2v) is 12.1. The Labute approximate surface area is 220 Å². The van der Waals surface area contributed by atoms with E-state index < -0.39 is 0 Å². The standard InChI is InChI=1S/C34H28S2/c1-21(2)17-23-5-9-25(10-6-23)27-13-15-29-31(19-27)35-34-30-16-14-28(20-32(30)36-33(29)34)26-11-7-24(8-12-26)18-22(3)4/h5-20H,1-4H3. The Bertz CT molecular complexity index is 1640. The fourth-order valence-corrected chi connectivity index (χ4v) is 7.56. The van der Waals surface area contributed by atoms with Crippen molar-refractivity contribution in [3.8, 4) is 22.3 Å². The van der Waals surface area contributed by atoms with E-state index in [9.17, 15) is 0 Å². The zero-order valence-electron chi connectivity index (χ0n) is 21.1. The second kappa shape index (κ2) is 9.20. The summed E-state index contributed by atoms with van der Waals surface area (Å²) in [5.41, 5.74) is 10.2. The number of fused-ring (bicyclic) bond motifs is 5. The molecule has 2 heterocycles. The van der Waals surface area contributed by atoms with Crippen LogP contribution in [0.3, 0.4) is 0 Å². The molecule has 0 saturated carbocycles. The Morgan fingerprint density at radius 2 is 0.833 bits per heavy atom. The maximum absolute atomic E-state index is 2.36. The molecular weight excluding hydrogens is 473 g/mol. The molecule has 36 heavy (non-hydrogen) atoms. The molecule has 0 aliphatic rings. The molecule has 6 rings (SSSR count). The molecule has 0 aliphatic heterocycles. The average Bonchev–Trinajstić information content (AvgIpc) is 3.39.